The van der Waals surface area contributed by atoms with Crippen molar-refractivity contribution < 1.29 is 22.5 Å². The number of nitrogens with one attached hydrogen (secondary N) is 1. The Kier molecular flexibility index (Phi) is 4.78. The smallest absolute Gasteiger partial charge is 0.245 e. The molecule has 1 aromatic heterocycles. The van der Waals surface area contributed by atoms with Crippen molar-refractivity contribution in [3.63, 3.8) is 0 Å². The van der Waals surface area contributed by atoms with Crippen molar-refractivity contribution in [1.29, 1.82) is 0 Å². The van der Waals surface area contributed by atoms with Crippen LogP contribution >= 0.6 is 0 Å². The van der Waals surface area contributed by atoms with E-state index < -0.39 is 22.0 Å². The molecular formula is C16H19N3O5S. The quantitative estimate of drug-likeness (QED) is 0.867. The van der Waals surface area contributed by atoms with Crippen molar-refractivity contribution >= 4 is 21.8 Å². The lowest BCUT2D eigenvalue weighted by atomic mass is 10.2. The highest BCUT2D eigenvalue weighted by Crippen LogP contribution is 2.28. The van der Waals surface area contributed by atoms with Crippen molar-refractivity contribution in [2.24, 2.45) is 0 Å². The van der Waals surface area contributed by atoms with Crippen LogP contribution in [0.1, 0.15) is 18.5 Å². The van der Waals surface area contributed by atoms with Gasteiger partial charge in [-0.1, -0.05) is 5.16 Å². The van der Waals surface area contributed by atoms with E-state index in [2.05, 4.69) is 10.5 Å². The van der Waals surface area contributed by atoms with Crippen molar-refractivity contribution in [3.8, 4) is 5.75 Å². The van der Waals surface area contributed by atoms with Crippen LogP contribution < -0.4 is 10.1 Å². The Bertz CT molecular complexity index is 860. The highest BCUT2D eigenvalue weighted by molar-refractivity contribution is 7.89. The molecule has 1 saturated heterocycles. The summed E-state index contributed by atoms with van der Waals surface area (Å²) < 4.78 is 37.0. The molecule has 0 bridgehead atoms. The van der Waals surface area contributed by atoms with Crippen LogP contribution in [0, 0.1) is 6.92 Å². The Morgan fingerprint density at radius 2 is 2.08 bits per heavy atom. The topological polar surface area (TPSA) is 102 Å². The third-order valence-corrected chi connectivity index (χ3v) is 5.97. The second-order valence-electron chi connectivity index (χ2n) is 5.77. The molecule has 0 radical (unpaired) electrons. The van der Waals surface area contributed by atoms with E-state index in [0.29, 0.717) is 30.8 Å². The van der Waals surface area contributed by atoms with Gasteiger partial charge in [-0.15, -0.1) is 0 Å². The molecule has 1 unspecified atom stereocenters. The molecule has 134 valence electrons. The fraction of sp³-hybridized carbons (Fsp3) is 0.375. The number of rotatable bonds is 5. The molecule has 0 aliphatic carbocycles. The fourth-order valence-corrected chi connectivity index (χ4v) is 4.46. The third-order valence-electron chi connectivity index (χ3n) is 4.05. The van der Waals surface area contributed by atoms with Gasteiger partial charge in [-0.05, 0) is 44.0 Å². The Labute approximate surface area is 145 Å². The number of aromatic nitrogens is 1. The van der Waals surface area contributed by atoms with Crippen molar-refractivity contribution in [1.82, 2.24) is 9.46 Å². The Hall–Kier alpha value is -2.39. The molecule has 1 fully saturated rings. The lowest BCUT2D eigenvalue weighted by Gasteiger charge is -2.23. The Morgan fingerprint density at radius 1 is 1.36 bits per heavy atom. The summed E-state index contributed by atoms with van der Waals surface area (Å²) in [5.41, 5.74) is 0.629. The first-order valence-electron chi connectivity index (χ1n) is 7.82. The number of carbonyl (C=O) groups is 1. The molecule has 25 heavy (non-hydrogen) atoms. The van der Waals surface area contributed by atoms with E-state index in [9.17, 15) is 13.2 Å². The molecule has 1 aliphatic heterocycles. The first-order valence-corrected chi connectivity index (χ1v) is 9.26. The fourth-order valence-electron chi connectivity index (χ4n) is 2.80. The molecule has 1 amide bonds. The summed E-state index contributed by atoms with van der Waals surface area (Å²) >= 11 is 0. The third kappa shape index (κ3) is 3.52. The van der Waals surface area contributed by atoms with Crippen LogP contribution in [0.3, 0.4) is 0 Å². The van der Waals surface area contributed by atoms with Gasteiger partial charge in [-0.25, -0.2) is 8.42 Å². The molecule has 0 saturated carbocycles. The van der Waals surface area contributed by atoms with Crippen LogP contribution in [-0.2, 0) is 14.8 Å². The standard InChI is InChI=1S/C16H19N3O5S/c1-11-10-15(24-18-11)17-16(20)14-4-3-9-19(14)25(21,22)13-7-5-12(23-2)6-8-13/h5-8,10,14H,3-4,9H2,1-2H3,(H,17,20). The highest BCUT2D eigenvalue weighted by Gasteiger charge is 2.39. The van der Waals surface area contributed by atoms with Gasteiger partial charge < -0.3 is 9.26 Å². The minimum absolute atomic E-state index is 0.128. The second-order valence-corrected chi connectivity index (χ2v) is 7.66. The van der Waals surface area contributed by atoms with Gasteiger partial charge in [0.2, 0.25) is 21.8 Å². The monoisotopic (exact) mass is 365 g/mol. The average Bonchev–Trinajstić information content (AvgIpc) is 3.24. The molecule has 1 aliphatic rings. The number of carbonyl (C=O) groups excluding carboxylic acids is 1. The van der Waals surface area contributed by atoms with Gasteiger partial charge in [0.15, 0.2) is 0 Å². The van der Waals surface area contributed by atoms with Crippen molar-refractivity contribution in [3.05, 3.63) is 36.0 Å². The van der Waals surface area contributed by atoms with Gasteiger partial charge >= 0.3 is 0 Å². The zero-order chi connectivity index (χ0) is 18.0. The Morgan fingerprint density at radius 3 is 2.68 bits per heavy atom. The summed E-state index contributed by atoms with van der Waals surface area (Å²) in [5, 5.41) is 6.28. The van der Waals surface area contributed by atoms with E-state index >= 15 is 0 Å². The van der Waals surface area contributed by atoms with Gasteiger partial charge in [0.05, 0.1) is 17.7 Å². The summed E-state index contributed by atoms with van der Waals surface area (Å²) in [4.78, 5) is 12.6. The van der Waals surface area contributed by atoms with E-state index in [1.54, 1.807) is 25.1 Å². The molecule has 1 aromatic carbocycles. The lowest BCUT2D eigenvalue weighted by Crippen LogP contribution is -2.43. The number of methoxy groups -OCH3 is 1. The number of hydrogen-bond acceptors (Lipinski definition) is 6. The van der Waals surface area contributed by atoms with E-state index in [1.165, 1.54) is 23.5 Å². The minimum Gasteiger partial charge on any atom is -0.497 e. The minimum atomic E-state index is -3.77. The molecule has 1 N–H and O–H groups in total. The molecular weight excluding hydrogens is 346 g/mol. The van der Waals surface area contributed by atoms with Crippen LogP contribution in [0.25, 0.3) is 0 Å². The first-order chi connectivity index (χ1) is 11.9. The Balaban J connectivity index is 1.80. The number of aryl methyl sites for hydroxylation is 1. The first kappa shape index (κ1) is 17.4. The van der Waals surface area contributed by atoms with Gasteiger partial charge in [0.1, 0.15) is 11.8 Å². The molecule has 2 heterocycles. The summed E-state index contributed by atoms with van der Waals surface area (Å²) in [6.07, 6.45) is 1.07. The van der Waals surface area contributed by atoms with Crippen LogP contribution in [0.15, 0.2) is 39.8 Å². The zero-order valence-corrected chi connectivity index (χ0v) is 14.7. The summed E-state index contributed by atoms with van der Waals surface area (Å²) in [5.74, 6) is 0.345. The molecule has 9 heteroatoms. The lowest BCUT2D eigenvalue weighted by molar-refractivity contribution is -0.119. The second kappa shape index (κ2) is 6.85. The SMILES string of the molecule is COc1ccc(S(=O)(=O)N2CCCC2C(=O)Nc2cc(C)no2)cc1. The number of amides is 1. The molecule has 0 spiro atoms. The van der Waals surface area contributed by atoms with Gasteiger partial charge in [0.25, 0.3) is 0 Å². The van der Waals surface area contributed by atoms with Crippen LogP contribution in [-0.4, -0.2) is 43.5 Å². The predicted octanol–water partition coefficient (Wildman–Crippen LogP) is 1.78. The van der Waals surface area contributed by atoms with E-state index in [0.717, 1.165) is 0 Å². The molecule has 3 rings (SSSR count). The van der Waals surface area contributed by atoms with Crippen molar-refractivity contribution in [2.45, 2.75) is 30.7 Å². The van der Waals surface area contributed by atoms with Gasteiger partial charge in [-0.2, -0.15) is 4.31 Å². The summed E-state index contributed by atoms with van der Waals surface area (Å²) in [7, 11) is -2.26. The van der Waals surface area contributed by atoms with E-state index in [1.807, 2.05) is 0 Å². The van der Waals surface area contributed by atoms with Crippen LogP contribution in [0.2, 0.25) is 0 Å². The number of hydrogen-bond donors (Lipinski definition) is 1. The van der Waals surface area contributed by atoms with Gasteiger partial charge in [0, 0.05) is 12.6 Å². The maximum absolute atomic E-state index is 12.9. The number of ether oxygens (including phenoxy) is 1. The molecule has 2 aromatic rings. The number of sulfonamides is 1. The number of nitrogens with zero attached hydrogens (tertiary/aromatic N) is 2. The predicted molar refractivity (Wildman–Crippen MR) is 89.8 cm³/mol. The molecule has 1 atom stereocenters. The average molecular weight is 365 g/mol. The normalized spacial score (nSPS) is 18.2. The highest BCUT2D eigenvalue weighted by atomic mass is 32.2. The largest absolute Gasteiger partial charge is 0.497 e. The summed E-state index contributed by atoms with van der Waals surface area (Å²) in [6, 6.07) is 6.90. The van der Waals surface area contributed by atoms with E-state index in [4.69, 9.17) is 9.26 Å². The van der Waals surface area contributed by atoms with Crippen LogP contribution in [0.5, 0.6) is 5.75 Å². The van der Waals surface area contributed by atoms with Gasteiger partial charge in [-0.3, -0.25) is 10.1 Å². The summed E-state index contributed by atoms with van der Waals surface area (Å²) in [6.45, 7) is 2.02. The number of anilines is 1. The number of benzene rings is 1. The van der Waals surface area contributed by atoms with Crippen LogP contribution in [0.4, 0.5) is 5.88 Å². The van der Waals surface area contributed by atoms with Crippen molar-refractivity contribution in [2.75, 3.05) is 19.0 Å². The maximum atomic E-state index is 12.9. The van der Waals surface area contributed by atoms with E-state index in [-0.39, 0.29) is 10.8 Å². The maximum Gasteiger partial charge on any atom is 0.245 e. The zero-order valence-electron chi connectivity index (χ0n) is 13.9. The molecule has 8 nitrogen and oxygen atoms in total.